The van der Waals surface area contributed by atoms with E-state index in [1.54, 1.807) is 23.1 Å². The first-order chi connectivity index (χ1) is 12.1. The maximum atomic E-state index is 13.3. The molecule has 132 valence electrons. The molecule has 3 nitrogen and oxygen atoms in total. The van der Waals surface area contributed by atoms with E-state index in [1.165, 1.54) is 12.1 Å². The van der Waals surface area contributed by atoms with E-state index in [-0.39, 0.29) is 5.82 Å². The van der Waals surface area contributed by atoms with Crippen LogP contribution in [0, 0.1) is 12.7 Å². The highest BCUT2D eigenvalue weighted by atomic mass is 32.2. The summed E-state index contributed by atoms with van der Waals surface area (Å²) in [7, 11) is 0. The zero-order valence-corrected chi connectivity index (χ0v) is 16.4. The Hall–Kier alpha value is -1.50. The highest BCUT2D eigenvalue weighted by molar-refractivity contribution is 7.99. The van der Waals surface area contributed by atoms with Crippen LogP contribution in [0.5, 0.6) is 0 Å². The number of hydrogen-bond donors (Lipinski definition) is 0. The predicted octanol–water partition coefficient (Wildman–Crippen LogP) is 5.24. The van der Waals surface area contributed by atoms with Gasteiger partial charge in [0, 0.05) is 23.2 Å². The van der Waals surface area contributed by atoms with Crippen LogP contribution < -0.4 is 0 Å². The normalized spacial score (nSPS) is 11.6. The summed E-state index contributed by atoms with van der Waals surface area (Å²) in [6.07, 6.45) is 0. The monoisotopic (exact) mass is 375 g/mol. The van der Waals surface area contributed by atoms with Gasteiger partial charge in [-0.05, 0) is 37.7 Å². The quantitative estimate of drug-likeness (QED) is 0.417. The van der Waals surface area contributed by atoms with Crippen molar-refractivity contribution < 1.29 is 4.39 Å². The molecule has 3 rings (SSSR count). The van der Waals surface area contributed by atoms with Crippen molar-refractivity contribution in [3.05, 3.63) is 41.3 Å². The molecule has 6 heteroatoms. The topological polar surface area (TPSA) is 29.0 Å². The molecule has 0 saturated heterocycles. The zero-order chi connectivity index (χ0) is 17.8. The van der Waals surface area contributed by atoms with Crippen LogP contribution in [0.15, 0.2) is 34.7 Å². The third kappa shape index (κ3) is 4.19. The molecule has 0 aliphatic carbocycles. The zero-order valence-electron chi connectivity index (χ0n) is 14.8. The molecule has 0 amide bonds. The summed E-state index contributed by atoms with van der Waals surface area (Å²) in [6.45, 7) is 9.48. The van der Waals surface area contributed by atoms with Crippen LogP contribution in [0.25, 0.3) is 21.3 Å². The minimum Gasteiger partial charge on any atom is -0.303 e. The molecule has 0 unspecified atom stereocenters. The molecule has 3 aromatic rings. The molecule has 0 radical (unpaired) electrons. The van der Waals surface area contributed by atoms with Crippen LogP contribution in [0.4, 0.5) is 4.39 Å². The molecular weight excluding hydrogens is 353 g/mol. The second-order valence-corrected chi connectivity index (χ2v) is 7.73. The van der Waals surface area contributed by atoms with Crippen LogP contribution in [0.1, 0.15) is 19.7 Å². The van der Waals surface area contributed by atoms with Gasteiger partial charge in [0.05, 0.1) is 5.39 Å². The van der Waals surface area contributed by atoms with Crippen molar-refractivity contribution >= 4 is 33.3 Å². The first kappa shape index (κ1) is 18.3. The molecular formula is C19H22FN3S2. The number of nitrogens with zero attached hydrogens (tertiary/aromatic N) is 3. The van der Waals surface area contributed by atoms with Crippen LogP contribution in [-0.4, -0.2) is 40.3 Å². The largest absolute Gasteiger partial charge is 0.303 e. The number of halogens is 1. The van der Waals surface area contributed by atoms with Crippen molar-refractivity contribution in [3.63, 3.8) is 0 Å². The minimum absolute atomic E-state index is 0.218. The number of rotatable bonds is 7. The van der Waals surface area contributed by atoms with Gasteiger partial charge in [-0.1, -0.05) is 26.0 Å². The molecule has 0 N–H and O–H groups in total. The van der Waals surface area contributed by atoms with Gasteiger partial charge in [-0.2, -0.15) is 0 Å². The Kier molecular flexibility index (Phi) is 6.04. The van der Waals surface area contributed by atoms with Crippen molar-refractivity contribution in [2.24, 2.45) is 0 Å². The molecule has 2 heterocycles. The number of aryl methyl sites for hydroxylation is 1. The summed E-state index contributed by atoms with van der Waals surface area (Å²) in [5.41, 5.74) is 2.09. The SMILES string of the molecule is CCN(CC)CCSc1nc(C)nc2scc(-c3ccc(F)cc3)c12. The van der Waals surface area contributed by atoms with Gasteiger partial charge in [0.25, 0.3) is 0 Å². The average molecular weight is 376 g/mol. The van der Waals surface area contributed by atoms with Crippen molar-refractivity contribution in [2.45, 2.75) is 25.8 Å². The van der Waals surface area contributed by atoms with Crippen LogP contribution >= 0.6 is 23.1 Å². The molecule has 1 aromatic carbocycles. The Labute approximate surface area is 156 Å². The van der Waals surface area contributed by atoms with E-state index in [2.05, 4.69) is 29.1 Å². The Balaban J connectivity index is 1.94. The van der Waals surface area contributed by atoms with Gasteiger partial charge < -0.3 is 4.90 Å². The minimum atomic E-state index is -0.218. The summed E-state index contributed by atoms with van der Waals surface area (Å²) in [6, 6.07) is 6.64. The molecule has 0 spiro atoms. The number of hydrogen-bond acceptors (Lipinski definition) is 5. The molecule has 0 atom stereocenters. The third-order valence-corrected chi connectivity index (χ3v) is 6.04. The molecule has 25 heavy (non-hydrogen) atoms. The van der Waals surface area contributed by atoms with Crippen molar-refractivity contribution in [1.29, 1.82) is 0 Å². The fourth-order valence-electron chi connectivity index (χ4n) is 2.77. The summed E-state index contributed by atoms with van der Waals surface area (Å²) in [4.78, 5) is 12.7. The van der Waals surface area contributed by atoms with Gasteiger partial charge in [-0.3, -0.25) is 0 Å². The number of aromatic nitrogens is 2. The van der Waals surface area contributed by atoms with E-state index in [1.807, 2.05) is 19.1 Å². The van der Waals surface area contributed by atoms with Gasteiger partial charge in [-0.25, -0.2) is 14.4 Å². The Morgan fingerprint density at radius 3 is 2.52 bits per heavy atom. The average Bonchev–Trinajstić information content (AvgIpc) is 3.03. The molecule has 0 aliphatic rings. The van der Waals surface area contributed by atoms with E-state index in [9.17, 15) is 4.39 Å². The smallest absolute Gasteiger partial charge is 0.128 e. The second kappa shape index (κ2) is 8.25. The van der Waals surface area contributed by atoms with Crippen molar-refractivity contribution in [3.8, 4) is 11.1 Å². The lowest BCUT2D eigenvalue weighted by molar-refractivity contribution is 0.324. The van der Waals surface area contributed by atoms with Crippen LogP contribution in [0.3, 0.4) is 0 Å². The van der Waals surface area contributed by atoms with Gasteiger partial charge in [0.2, 0.25) is 0 Å². The molecule has 2 aromatic heterocycles. The lowest BCUT2D eigenvalue weighted by Gasteiger charge is -2.17. The first-order valence-electron chi connectivity index (χ1n) is 8.49. The highest BCUT2D eigenvalue weighted by Gasteiger charge is 2.15. The summed E-state index contributed by atoms with van der Waals surface area (Å²) in [5, 5.41) is 4.21. The van der Waals surface area contributed by atoms with Crippen molar-refractivity contribution in [1.82, 2.24) is 14.9 Å². The molecule has 0 aliphatic heterocycles. The van der Waals surface area contributed by atoms with Crippen LogP contribution in [0.2, 0.25) is 0 Å². The van der Waals surface area contributed by atoms with Gasteiger partial charge >= 0.3 is 0 Å². The molecule has 0 fully saturated rings. The van der Waals surface area contributed by atoms with E-state index >= 15 is 0 Å². The molecule has 0 bridgehead atoms. The number of thiophene rings is 1. The van der Waals surface area contributed by atoms with Crippen LogP contribution in [-0.2, 0) is 0 Å². The Morgan fingerprint density at radius 1 is 1.12 bits per heavy atom. The Bertz CT molecular complexity index is 842. The third-order valence-electron chi connectivity index (χ3n) is 4.21. The van der Waals surface area contributed by atoms with E-state index < -0.39 is 0 Å². The predicted molar refractivity (Wildman–Crippen MR) is 106 cm³/mol. The fraction of sp³-hybridized carbons (Fsp3) is 0.368. The molecule has 0 saturated carbocycles. The number of thioether (sulfide) groups is 1. The van der Waals surface area contributed by atoms with Gasteiger partial charge in [0.1, 0.15) is 21.5 Å². The van der Waals surface area contributed by atoms with Gasteiger partial charge in [-0.15, -0.1) is 23.1 Å². The maximum Gasteiger partial charge on any atom is 0.128 e. The second-order valence-electron chi connectivity index (χ2n) is 5.79. The first-order valence-corrected chi connectivity index (χ1v) is 10.4. The maximum absolute atomic E-state index is 13.3. The fourth-order valence-corrected chi connectivity index (χ4v) is 4.92. The van der Waals surface area contributed by atoms with Gasteiger partial charge in [0.15, 0.2) is 0 Å². The standard InChI is InChI=1S/C19H22FN3S2/c1-4-23(5-2)10-11-24-18-17-16(14-6-8-15(20)9-7-14)12-25-19(17)22-13(3)21-18/h6-9,12H,4-5,10-11H2,1-3H3. The number of fused-ring (bicyclic) bond motifs is 1. The lowest BCUT2D eigenvalue weighted by atomic mass is 10.1. The summed E-state index contributed by atoms with van der Waals surface area (Å²) < 4.78 is 13.3. The highest BCUT2D eigenvalue weighted by Crippen LogP contribution is 2.38. The van der Waals surface area contributed by atoms with E-state index in [0.29, 0.717) is 0 Å². The van der Waals surface area contributed by atoms with E-state index in [4.69, 9.17) is 4.98 Å². The summed E-state index contributed by atoms with van der Waals surface area (Å²) in [5.74, 6) is 1.57. The Morgan fingerprint density at radius 2 is 1.84 bits per heavy atom. The summed E-state index contributed by atoms with van der Waals surface area (Å²) >= 11 is 3.40. The van der Waals surface area contributed by atoms with Crippen molar-refractivity contribution in [2.75, 3.05) is 25.4 Å². The lowest BCUT2D eigenvalue weighted by Crippen LogP contribution is -2.25. The van der Waals surface area contributed by atoms with E-state index in [0.717, 1.165) is 57.6 Å². The number of benzene rings is 1.